The van der Waals surface area contributed by atoms with Crippen LogP contribution < -0.4 is 5.73 Å². The molecule has 0 bridgehead atoms. The van der Waals surface area contributed by atoms with Crippen LogP contribution >= 0.6 is 11.8 Å². The number of thioether (sulfide) groups is 1. The Morgan fingerprint density at radius 1 is 1.38 bits per heavy atom. The molecule has 6 nitrogen and oxygen atoms in total. The summed E-state index contributed by atoms with van der Waals surface area (Å²) in [6.45, 7) is 0.723. The lowest BCUT2D eigenvalue weighted by molar-refractivity contribution is 0.207. The zero-order valence-corrected chi connectivity index (χ0v) is 8.44. The molecule has 1 amide bonds. The van der Waals surface area contributed by atoms with Crippen LogP contribution in [0.5, 0.6) is 0 Å². The van der Waals surface area contributed by atoms with Gasteiger partial charge < -0.3 is 9.92 Å². The van der Waals surface area contributed by atoms with Gasteiger partial charge in [0.25, 0.3) is 0 Å². The molecule has 0 aromatic heterocycles. The van der Waals surface area contributed by atoms with Crippen molar-refractivity contribution in [1.82, 2.24) is 4.31 Å². The van der Waals surface area contributed by atoms with E-state index in [1.807, 2.05) is 0 Å². The summed E-state index contributed by atoms with van der Waals surface area (Å²) in [4.78, 5) is 10.2. The molecule has 0 unspecified atom stereocenters. The molecule has 8 heteroatoms. The quantitative estimate of drug-likeness (QED) is 0.677. The smallest absolute Gasteiger partial charge is 0.334 e. The van der Waals surface area contributed by atoms with E-state index in [0.29, 0.717) is 24.6 Å². The van der Waals surface area contributed by atoms with Crippen LogP contribution in [0.1, 0.15) is 0 Å². The second kappa shape index (κ2) is 4.16. The molecule has 0 spiro atoms. The Morgan fingerprint density at radius 2 is 1.92 bits per heavy atom. The van der Waals surface area contributed by atoms with E-state index >= 15 is 0 Å². The van der Waals surface area contributed by atoms with Gasteiger partial charge in [-0.3, -0.25) is 0 Å². The normalized spacial score (nSPS) is 19.7. The van der Waals surface area contributed by atoms with Crippen LogP contribution in [0.25, 0.3) is 0 Å². The maximum Gasteiger partial charge on any atom is 0.421 e. The molecule has 0 saturated carbocycles. The number of hydrogen-bond donors (Lipinski definition) is 1. The highest BCUT2D eigenvalue weighted by Crippen LogP contribution is 2.13. The van der Waals surface area contributed by atoms with Gasteiger partial charge in [-0.2, -0.15) is 24.5 Å². The topological polar surface area (TPSA) is 89.7 Å². The van der Waals surface area contributed by atoms with Crippen molar-refractivity contribution >= 4 is 28.2 Å². The van der Waals surface area contributed by atoms with Crippen molar-refractivity contribution in [2.24, 2.45) is 5.73 Å². The third kappa shape index (κ3) is 3.05. The van der Waals surface area contributed by atoms with Gasteiger partial charge in [0.1, 0.15) is 0 Å². The lowest BCUT2D eigenvalue weighted by Gasteiger charge is -2.23. The number of primary amides is 1. The van der Waals surface area contributed by atoms with E-state index in [2.05, 4.69) is 9.92 Å². The fraction of sp³-hybridized carbons (Fsp3) is 0.800. The van der Waals surface area contributed by atoms with Crippen molar-refractivity contribution in [3.63, 3.8) is 0 Å². The summed E-state index contributed by atoms with van der Waals surface area (Å²) in [5, 5.41) is 0. The predicted octanol–water partition coefficient (Wildman–Crippen LogP) is -0.625. The van der Waals surface area contributed by atoms with E-state index in [-0.39, 0.29) is 0 Å². The first kappa shape index (κ1) is 10.6. The molecule has 1 fully saturated rings. The minimum absolute atomic E-state index is 0.361. The minimum atomic E-state index is -3.94. The van der Waals surface area contributed by atoms with Gasteiger partial charge in [-0.25, -0.2) is 4.79 Å². The molecule has 1 aliphatic heterocycles. The lowest BCUT2D eigenvalue weighted by atomic mass is 10.6. The van der Waals surface area contributed by atoms with Gasteiger partial charge in [-0.05, 0) is 0 Å². The zero-order chi connectivity index (χ0) is 9.90. The third-order valence-electron chi connectivity index (χ3n) is 1.47. The van der Waals surface area contributed by atoms with Gasteiger partial charge in [0.05, 0.1) is 0 Å². The van der Waals surface area contributed by atoms with E-state index in [0.717, 1.165) is 4.31 Å². The number of hydrogen-bond acceptors (Lipinski definition) is 5. The number of carbonyl (C=O) groups excluding carboxylic acids is 1. The van der Waals surface area contributed by atoms with E-state index in [9.17, 15) is 13.2 Å². The Kier molecular flexibility index (Phi) is 3.40. The highest BCUT2D eigenvalue weighted by atomic mass is 32.2. The fourth-order valence-electron chi connectivity index (χ4n) is 0.927. The van der Waals surface area contributed by atoms with Gasteiger partial charge in [-0.15, -0.1) is 0 Å². The Labute approximate surface area is 80.7 Å². The van der Waals surface area contributed by atoms with E-state index in [4.69, 9.17) is 0 Å². The molecular formula is C5H10N2O4S2. The zero-order valence-electron chi connectivity index (χ0n) is 6.80. The van der Waals surface area contributed by atoms with Crippen LogP contribution in [0.2, 0.25) is 0 Å². The Hall–Kier alpha value is -0.470. The van der Waals surface area contributed by atoms with Crippen molar-refractivity contribution < 1.29 is 17.4 Å². The second-order valence-electron chi connectivity index (χ2n) is 2.37. The first-order valence-electron chi connectivity index (χ1n) is 3.59. The van der Waals surface area contributed by atoms with Crippen LogP contribution in [0.3, 0.4) is 0 Å². The molecule has 2 N–H and O–H groups in total. The predicted molar refractivity (Wildman–Crippen MR) is 48.5 cm³/mol. The van der Waals surface area contributed by atoms with Gasteiger partial charge in [0.2, 0.25) is 0 Å². The van der Waals surface area contributed by atoms with Gasteiger partial charge in [0.15, 0.2) is 0 Å². The molecule has 1 heterocycles. The van der Waals surface area contributed by atoms with Crippen LogP contribution in [0.4, 0.5) is 4.79 Å². The highest BCUT2D eigenvalue weighted by Gasteiger charge is 2.27. The molecule has 1 rings (SSSR count). The fourth-order valence-corrected chi connectivity index (χ4v) is 3.00. The van der Waals surface area contributed by atoms with E-state index in [1.165, 1.54) is 0 Å². The summed E-state index contributed by atoms with van der Waals surface area (Å²) >= 11 is 1.66. The molecular weight excluding hydrogens is 216 g/mol. The standard InChI is InChI=1S/C5H10N2O4S2/c6-5(8)11-13(9,10)7-1-3-12-4-2-7/h1-4H2,(H2,6,8). The molecule has 0 aliphatic carbocycles. The van der Waals surface area contributed by atoms with Gasteiger partial charge >= 0.3 is 16.4 Å². The van der Waals surface area contributed by atoms with Crippen molar-refractivity contribution in [3.05, 3.63) is 0 Å². The van der Waals surface area contributed by atoms with Crippen molar-refractivity contribution in [3.8, 4) is 0 Å². The molecule has 0 atom stereocenters. The number of carbonyl (C=O) groups is 1. The number of nitrogens with zero attached hydrogens (tertiary/aromatic N) is 1. The maximum atomic E-state index is 11.2. The average Bonchev–Trinajstić information content (AvgIpc) is 2.04. The van der Waals surface area contributed by atoms with Gasteiger partial charge in [-0.1, -0.05) is 0 Å². The molecule has 0 aromatic rings. The summed E-state index contributed by atoms with van der Waals surface area (Å²) in [6, 6.07) is 0. The summed E-state index contributed by atoms with van der Waals surface area (Å²) in [6.07, 6.45) is -1.29. The van der Waals surface area contributed by atoms with Crippen LogP contribution in [0.15, 0.2) is 0 Å². The van der Waals surface area contributed by atoms with Crippen molar-refractivity contribution in [1.29, 1.82) is 0 Å². The van der Waals surface area contributed by atoms with Crippen LogP contribution in [-0.4, -0.2) is 43.4 Å². The Balaban J connectivity index is 2.62. The number of rotatable bonds is 2. The summed E-state index contributed by atoms with van der Waals surface area (Å²) in [5.41, 5.74) is 4.61. The Morgan fingerprint density at radius 3 is 2.38 bits per heavy atom. The number of amides is 1. The van der Waals surface area contributed by atoms with Crippen molar-refractivity contribution in [2.45, 2.75) is 0 Å². The Bertz CT molecular complexity index is 283. The largest absolute Gasteiger partial charge is 0.421 e. The van der Waals surface area contributed by atoms with Crippen molar-refractivity contribution in [2.75, 3.05) is 24.6 Å². The molecule has 1 saturated heterocycles. The maximum absolute atomic E-state index is 11.2. The summed E-state index contributed by atoms with van der Waals surface area (Å²) in [7, 11) is -3.94. The monoisotopic (exact) mass is 226 g/mol. The molecule has 0 aromatic carbocycles. The first-order chi connectivity index (χ1) is 6.02. The van der Waals surface area contributed by atoms with E-state index < -0.39 is 16.4 Å². The SMILES string of the molecule is NC(=O)OS(=O)(=O)N1CCSCC1. The van der Waals surface area contributed by atoms with Crippen LogP contribution in [-0.2, 0) is 14.5 Å². The molecule has 0 radical (unpaired) electrons. The second-order valence-corrected chi connectivity index (χ2v) is 5.13. The average molecular weight is 226 g/mol. The highest BCUT2D eigenvalue weighted by molar-refractivity contribution is 7.99. The molecule has 1 aliphatic rings. The first-order valence-corrected chi connectivity index (χ1v) is 6.11. The summed E-state index contributed by atoms with van der Waals surface area (Å²) < 4.78 is 27.5. The molecule has 13 heavy (non-hydrogen) atoms. The molecule has 76 valence electrons. The van der Waals surface area contributed by atoms with E-state index in [1.54, 1.807) is 11.8 Å². The van der Waals surface area contributed by atoms with Gasteiger partial charge in [0, 0.05) is 24.6 Å². The summed E-state index contributed by atoms with van der Waals surface area (Å²) in [5.74, 6) is 1.42. The lowest BCUT2D eigenvalue weighted by Crippen LogP contribution is -2.40. The van der Waals surface area contributed by atoms with Crippen LogP contribution in [0, 0.1) is 0 Å². The number of nitrogens with two attached hydrogens (primary N) is 1. The minimum Gasteiger partial charge on any atom is -0.334 e. The third-order valence-corrected chi connectivity index (χ3v) is 3.79.